The van der Waals surface area contributed by atoms with E-state index in [0.29, 0.717) is 5.69 Å². The fourth-order valence-electron chi connectivity index (χ4n) is 3.21. The average Bonchev–Trinajstić information content (AvgIpc) is 3.18. The Bertz CT molecular complexity index is 1040. The van der Waals surface area contributed by atoms with E-state index in [1.54, 1.807) is 18.2 Å². The van der Waals surface area contributed by atoms with Gasteiger partial charge in [0.05, 0.1) is 26.7 Å². The summed E-state index contributed by atoms with van der Waals surface area (Å²) in [7, 11) is 2.79. The number of ether oxygens (including phenoxy) is 3. The molecule has 11 heteroatoms. The van der Waals surface area contributed by atoms with E-state index in [4.69, 9.17) is 14.2 Å². The van der Waals surface area contributed by atoms with Crippen molar-refractivity contribution < 1.29 is 37.8 Å². The van der Waals surface area contributed by atoms with E-state index in [9.17, 15) is 23.6 Å². The van der Waals surface area contributed by atoms with Crippen LogP contribution in [0.4, 0.5) is 10.1 Å². The molecule has 0 aliphatic carbocycles. The molecule has 174 valence electrons. The predicted molar refractivity (Wildman–Crippen MR) is 113 cm³/mol. The summed E-state index contributed by atoms with van der Waals surface area (Å²) in [5, 5.41) is 3.47. The Balaban J connectivity index is 1.54. The highest BCUT2D eigenvalue weighted by Gasteiger charge is 2.37. The standard InChI is InChI=1S/C22H22FN3O7/c1-31-16-4-3-5-17(32-2)20(16)21(29)25-26-11-13(10-19(26)28)22(30)33-12-18(27)24-15-8-6-14(23)7-9-15/h3-9,13H,10-12H2,1-2H3,(H,24,27)(H,25,29)/t13-/m1/s1. The Morgan fingerprint density at radius 2 is 1.70 bits per heavy atom. The summed E-state index contributed by atoms with van der Waals surface area (Å²) >= 11 is 0. The number of amides is 3. The van der Waals surface area contributed by atoms with Crippen molar-refractivity contribution in [3.63, 3.8) is 0 Å². The minimum absolute atomic E-state index is 0.0961. The number of nitrogens with one attached hydrogen (secondary N) is 2. The fourth-order valence-corrected chi connectivity index (χ4v) is 3.21. The maximum absolute atomic E-state index is 12.9. The largest absolute Gasteiger partial charge is 0.496 e. The van der Waals surface area contributed by atoms with Gasteiger partial charge in [0.2, 0.25) is 5.91 Å². The number of hydrogen-bond acceptors (Lipinski definition) is 7. The molecular weight excluding hydrogens is 437 g/mol. The normalized spacial score (nSPS) is 15.1. The summed E-state index contributed by atoms with van der Waals surface area (Å²) in [6, 6.07) is 9.86. The Labute approximate surface area is 188 Å². The Hall–Kier alpha value is -4.15. The van der Waals surface area contributed by atoms with Crippen LogP contribution < -0.4 is 20.2 Å². The van der Waals surface area contributed by atoms with Crippen LogP contribution in [0.15, 0.2) is 42.5 Å². The summed E-state index contributed by atoms with van der Waals surface area (Å²) in [5.41, 5.74) is 2.89. The zero-order valence-electron chi connectivity index (χ0n) is 17.9. The van der Waals surface area contributed by atoms with E-state index in [-0.39, 0.29) is 30.0 Å². The molecule has 0 aromatic heterocycles. The molecule has 10 nitrogen and oxygen atoms in total. The van der Waals surface area contributed by atoms with Gasteiger partial charge < -0.3 is 19.5 Å². The molecule has 33 heavy (non-hydrogen) atoms. The zero-order chi connectivity index (χ0) is 24.0. The van der Waals surface area contributed by atoms with Crippen LogP contribution in [0.3, 0.4) is 0 Å². The summed E-state index contributed by atoms with van der Waals surface area (Å²) in [6.07, 6.45) is -0.193. The number of rotatable bonds is 8. The highest BCUT2D eigenvalue weighted by atomic mass is 19.1. The lowest BCUT2D eigenvalue weighted by molar-refractivity contribution is -0.151. The van der Waals surface area contributed by atoms with E-state index in [0.717, 1.165) is 5.01 Å². The monoisotopic (exact) mass is 459 g/mol. The van der Waals surface area contributed by atoms with Gasteiger partial charge in [0.1, 0.15) is 22.9 Å². The van der Waals surface area contributed by atoms with Crippen molar-refractivity contribution in [2.75, 3.05) is 32.7 Å². The minimum Gasteiger partial charge on any atom is -0.496 e. The maximum Gasteiger partial charge on any atom is 0.311 e. The van der Waals surface area contributed by atoms with Crippen molar-refractivity contribution in [3.8, 4) is 11.5 Å². The van der Waals surface area contributed by atoms with Crippen molar-refractivity contribution in [2.45, 2.75) is 6.42 Å². The third kappa shape index (κ3) is 5.76. The van der Waals surface area contributed by atoms with Crippen LogP contribution >= 0.6 is 0 Å². The SMILES string of the molecule is COc1cccc(OC)c1C(=O)NN1C[C@H](C(=O)OCC(=O)Nc2ccc(F)cc2)CC1=O. The maximum atomic E-state index is 12.9. The number of benzene rings is 2. The first kappa shape index (κ1) is 23.5. The van der Waals surface area contributed by atoms with Crippen molar-refractivity contribution in [3.05, 3.63) is 53.8 Å². The molecule has 1 aliphatic heterocycles. The molecule has 0 spiro atoms. The lowest BCUT2D eigenvalue weighted by atomic mass is 10.1. The number of hydrogen-bond donors (Lipinski definition) is 2. The van der Waals surface area contributed by atoms with Crippen LogP contribution in [0, 0.1) is 11.7 Å². The molecule has 0 bridgehead atoms. The minimum atomic E-state index is -0.865. The summed E-state index contributed by atoms with van der Waals surface area (Å²) < 4.78 is 28.3. The second kappa shape index (κ2) is 10.4. The van der Waals surface area contributed by atoms with Gasteiger partial charge in [-0.25, -0.2) is 4.39 Å². The summed E-state index contributed by atoms with van der Waals surface area (Å²) in [6.45, 7) is -0.702. The molecule has 3 rings (SSSR count). The smallest absolute Gasteiger partial charge is 0.311 e. The lowest BCUT2D eigenvalue weighted by Crippen LogP contribution is -2.43. The van der Waals surface area contributed by atoms with Gasteiger partial charge in [-0.1, -0.05) is 6.07 Å². The van der Waals surface area contributed by atoms with Crippen LogP contribution in [-0.4, -0.2) is 56.1 Å². The average molecular weight is 459 g/mol. The van der Waals surface area contributed by atoms with Crippen LogP contribution in [0.2, 0.25) is 0 Å². The second-order valence-electron chi connectivity index (χ2n) is 7.05. The molecule has 3 amide bonds. The van der Waals surface area contributed by atoms with Gasteiger partial charge in [0.25, 0.3) is 11.8 Å². The summed E-state index contributed by atoms with van der Waals surface area (Å²) in [4.78, 5) is 49.3. The number of carbonyl (C=O) groups is 4. The molecule has 1 atom stereocenters. The van der Waals surface area contributed by atoms with E-state index >= 15 is 0 Å². The number of halogens is 1. The highest BCUT2D eigenvalue weighted by Crippen LogP contribution is 2.28. The number of nitrogens with zero attached hydrogens (tertiary/aromatic N) is 1. The van der Waals surface area contributed by atoms with Crippen molar-refractivity contribution >= 4 is 29.4 Å². The fraction of sp³-hybridized carbons (Fsp3) is 0.273. The van der Waals surface area contributed by atoms with Gasteiger partial charge in [-0.05, 0) is 36.4 Å². The molecule has 0 unspecified atom stereocenters. The highest BCUT2D eigenvalue weighted by molar-refractivity contribution is 6.01. The Morgan fingerprint density at radius 1 is 1.06 bits per heavy atom. The zero-order valence-corrected chi connectivity index (χ0v) is 17.9. The van der Waals surface area contributed by atoms with E-state index in [2.05, 4.69) is 10.7 Å². The molecule has 2 aromatic carbocycles. The molecular formula is C22H22FN3O7. The van der Waals surface area contributed by atoms with Crippen LogP contribution in [-0.2, 0) is 19.1 Å². The van der Waals surface area contributed by atoms with E-state index < -0.39 is 42.0 Å². The first-order chi connectivity index (χ1) is 15.8. The van der Waals surface area contributed by atoms with Gasteiger partial charge in [-0.3, -0.25) is 29.6 Å². The molecule has 0 saturated carbocycles. The van der Waals surface area contributed by atoms with Crippen LogP contribution in [0.1, 0.15) is 16.8 Å². The van der Waals surface area contributed by atoms with E-state index in [1.807, 2.05) is 0 Å². The van der Waals surface area contributed by atoms with Crippen molar-refractivity contribution in [1.29, 1.82) is 0 Å². The number of anilines is 1. The van der Waals surface area contributed by atoms with Gasteiger partial charge in [-0.15, -0.1) is 0 Å². The number of methoxy groups -OCH3 is 2. The third-order valence-electron chi connectivity index (χ3n) is 4.82. The van der Waals surface area contributed by atoms with E-state index in [1.165, 1.54) is 38.5 Å². The molecule has 1 heterocycles. The van der Waals surface area contributed by atoms with Gasteiger partial charge >= 0.3 is 5.97 Å². The molecule has 2 aromatic rings. The van der Waals surface area contributed by atoms with Gasteiger partial charge in [0, 0.05) is 12.1 Å². The van der Waals surface area contributed by atoms with Crippen molar-refractivity contribution in [2.24, 2.45) is 5.92 Å². The lowest BCUT2D eigenvalue weighted by Gasteiger charge is -2.19. The Morgan fingerprint density at radius 3 is 2.30 bits per heavy atom. The quantitative estimate of drug-likeness (QED) is 0.574. The predicted octanol–water partition coefficient (Wildman–Crippen LogP) is 1.52. The first-order valence-corrected chi connectivity index (χ1v) is 9.86. The molecule has 0 radical (unpaired) electrons. The first-order valence-electron chi connectivity index (χ1n) is 9.86. The molecule has 2 N–H and O–H groups in total. The second-order valence-corrected chi connectivity index (χ2v) is 7.05. The third-order valence-corrected chi connectivity index (χ3v) is 4.82. The topological polar surface area (TPSA) is 123 Å². The molecule has 1 saturated heterocycles. The van der Waals surface area contributed by atoms with Crippen LogP contribution in [0.25, 0.3) is 0 Å². The van der Waals surface area contributed by atoms with Crippen molar-refractivity contribution in [1.82, 2.24) is 10.4 Å². The van der Waals surface area contributed by atoms with Crippen LogP contribution in [0.5, 0.6) is 11.5 Å². The Kier molecular flexibility index (Phi) is 7.44. The molecule has 1 fully saturated rings. The number of esters is 1. The molecule has 1 aliphatic rings. The van der Waals surface area contributed by atoms with Gasteiger partial charge in [-0.2, -0.15) is 0 Å². The van der Waals surface area contributed by atoms with Gasteiger partial charge in [0.15, 0.2) is 6.61 Å². The summed E-state index contributed by atoms with van der Waals surface area (Å²) in [5.74, 6) is -3.33. The number of carbonyl (C=O) groups excluding carboxylic acids is 4. The number of hydrazine groups is 1.